The molecular weight excluding hydrogens is 267 g/mol. The fraction of sp³-hybridized carbons (Fsp3) is 0.400. The van der Waals surface area contributed by atoms with Crippen molar-refractivity contribution in [2.24, 2.45) is 0 Å². The third-order valence-corrected chi connectivity index (χ3v) is 3.38. The van der Waals surface area contributed by atoms with Gasteiger partial charge in [0, 0.05) is 18.0 Å². The van der Waals surface area contributed by atoms with Gasteiger partial charge in [-0.3, -0.25) is 0 Å². The number of aromatic nitrogens is 2. The summed E-state index contributed by atoms with van der Waals surface area (Å²) in [5, 5.41) is 2.03. The van der Waals surface area contributed by atoms with Crippen LogP contribution in [-0.4, -0.2) is 17.0 Å². The van der Waals surface area contributed by atoms with Crippen molar-refractivity contribution in [1.29, 1.82) is 0 Å². The summed E-state index contributed by atoms with van der Waals surface area (Å²) in [5.74, 6) is 0.464. The predicted molar refractivity (Wildman–Crippen MR) is 59.3 cm³/mol. The molecule has 0 amide bonds. The van der Waals surface area contributed by atoms with Gasteiger partial charge >= 0.3 is 6.18 Å². The van der Waals surface area contributed by atoms with Crippen LogP contribution in [0.3, 0.4) is 0 Å². The molecule has 4 nitrogen and oxygen atoms in total. The number of thiazole rings is 1. The highest BCUT2D eigenvalue weighted by molar-refractivity contribution is 7.11. The Kier molecular flexibility index (Phi) is 3.40. The zero-order valence-electron chi connectivity index (χ0n) is 9.58. The lowest BCUT2D eigenvalue weighted by atomic mass is 10.2. The minimum Gasteiger partial charge on any atom is -0.449 e. The minimum atomic E-state index is -4.42. The number of halogens is 3. The molecule has 2 heterocycles. The SMILES string of the molecule is CNC(c1coc(C)n1)c1cnc(C(F)(F)F)s1. The largest absolute Gasteiger partial charge is 0.449 e. The molecule has 2 aromatic heterocycles. The number of nitrogens with zero attached hydrogens (tertiary/aromatic N) is 2. The van der Waals surface area contributed by atoms with Gasteiger partial charge in [-0.1, -0.05) is 0 Å². The van der Waals surface area contributed by atoms with Gasteiger partial charge in [-0.2, -0.15) is 13.2 Å². The number of oxazole rings is 1. The highest BCUT2D eigenvalue weighted by Crippen LogP contribution is 2.35. The van der Waals surface area contributed by atoms with Crippen LogP contribution in [0.15, 0.2) is 16.9 Å². The molecule has 0 radical (unpaired) electrons. The maximum absolute atomic E-state index is 12.5. The first-order valence-corrected chi connectivity index (χ1v) is 5.85. The molecule has 0 bridgehead atoms. The van der Waals surface area contributed by atoms with Gasteiger partial charge in [0.15, 0.2) is 10.9 Å². The van der Waals surface area contributed by atoms with Gasteiger partial charge in [0.05, 0.1) is 6.04 Å². The summed E-state index contributed by atoms with van der Waals surface area (Å²) < 4.78 is 42.5. The molecule has 1 N–H and O–H groups in total. The lowest BCUT2D eigenvalue weighted by molar-refractivity contribution is -0.137. The lowest BCUT2D eigenvalue weighted by Gasteiger charge is -2.09. The van der Waals surface area contributed by atoms with E-state index in [1.165, 1.54) is 12.5 Å². The molecule has 1 unspecified atom stereocenters. The fourth-order valence-electron chi connectivity index (χ4n) is 1.50. The highest BCUT2D eigenvalue weighted by Gasteiger charge is 2.35. The van der Waals surface area contributed by atoms with E-state index in [-0.39, 0.29) is 0 Å². The number of aryl methyl sites for hydroxylation is 1. The van der Waals surface area contributed by atoms with Gasteiger partial charge in [-0.05, 0) is 7.05 Å². The molecule has 18 heavy (non-hydrogen) atoms. The van der Waals surface area contributed by atoms with Crippen LogP contribution in [0.2, 0.25) is 0 Å². The molecule has 0 aliphatic heterocycles. The zero-order valence-corrected chi connectivity index (χ0v) is 10.4. The lowest BCUT2D eigenvalue weighted by Crippen LogP contribution is -2.16. The van der Waals surface area contributed by atoms with Crippen molar-refractivity contribution in [1.82, 2.24) is 15.3 Å². The van der Waals surface area contributed by atoms with Crippen molar-refractivity contribution >= 4 is 11.3 Å². The quantitative estimate of drug-likeness (QED) is 0.937. The second-order valence-corrected chi connectivity index (χ2v) is 4.64. The predicted octanol–water partition coefficient (Wildman–Crippen LogP) is 2.77. The molecule has 8 heteroatoms. The van der Waals surface area contributed by atoms with Crippen molar-refractivity contribution in [2.45, 2.75) is 19.1 Å². The number of alkyl halides is 3. The molecule has 0 aliphatic carbocycles. The van der Waals surface area contributed by atoms with Crippen molar-refractivity contribution in [3.05, 3.63) is 33.9 Å². The van der Waals surface area contributed by atoms with Crippen LogP contribution in [0.1, 0.15) is 27.5 Å². The molecule has 0 saturated heterocycles. The monoisotopic (exact) mass is 277 g/mol. The Morgan fingerprint density at radius 1 is 1.44 bits per heavy atom. The Morgan fingerprint density at radius 2 is 2.17 bits per heavy atom. The summed E-state index contributed by atoms with van der Waals surface area (Å²) in [7, 11) is 1.64. The van der Waals surface area contributed by atoms with Crippen LogP contribution in [0.4, 0.5) is 13.2 Å². The van der Waals surface area contributed by atoms with Gasteiger partial charge in [0.25, 0.3) is 0 Å². The van der Waals surface area contributed by atoms with Gasteiger partial charge in [-0.15, -0.1) is 11.3 Å². The Morgan fingerprint density at radius 3 is 2.61 bits per heavy atom. The average molecular weight is 277 g/mol. The number of rotatable bonds is 3. The molecule has 2 aromatic rings. The van der Waals surface area contributed by atoms with E-state index >= 15 is 0 Å². The first-order valence-electron chi connectivity index (χ1n) is 5.04. The number of nitrogens with one attached hydrogen (secondary N) is 1. The summed E-state index contributed by atoms with van der Waals surface area (Å²) in [6.07, 6.45) is -1.79. The van der Waals surface area contributed by atoms with Crippen LogP contribution >= 0.6 is 11.3 Å². The van der Waals surface area contributed by atoms with Crippen molar-refractivity contribution in [3.63, 3.8) is 0 Å². The molecule has 0 aliphatic rings. The van der Waals surface area contributed by atoms with E-state index < -0.39 is 17.2 Å². The summed E-state index contributed by atoms with van der Waals surface area (Å²) in [6, 6.07) is -0.448. The van der Waals surface area contributed by atoms with Crippen LogP contribution < -0.4 is 5.32 Å². The average Bonchev–Trinajstić information content (AvgIpc) is 2.88. The van der Waals surface area contributed by atoms with Gasteiger partial charge in [-0.25, -0.2) is 9.97 Å². The Hall–Kier alpha value is -1.41. The molecule has 1 atom stereocenters. The van der Waals surface area contributed by atoms with E-state index in [0.717, 1.165) is 0 Å². The summed E-state index contributed by atoms with van der Waals surface area (Å²) in [4.78, 5) is 7.92. The smallest absolute Gasteiger partial charge is 0.443 e. The van der Waals surface area contributed by atoms with E-state index in [1.54, 1.807) is 14.0 Å². The van der Waals surface area contributed by atoms with E-state index in [4.69, 9.17) is 4.42 Å². The molecular formula is C10H10F3N3OS. The van der Waals surface area contributed by atoms with Gasteiger partial charge in [0.2, 0.25) is 0 Å². The molecule has 0 spiro atoms. The van der Waals surface area contributed by atoms with E-state index in [0.29, 0.717) is 27.8 Å². The van der Waals surface area contributed by atoms with Crippen molar-refractivity contribution in [3.8, 4) is 0 Å². The Bertz CT molecular complexity index is 534. The number of hydrogen-bond acceptors (Lipinski definition) is 5. The zero-order chi connectivity index (χ0) is 13.3. The summed E-state index contributed by atoms with van der Waals surface area (Å²) in [5.41, 5.74) is 0.535. The highest BCUT2D eigenvalue weighted by atomic mass is 32.1. The van der Waals surface area contributed by atoms with Crippen molar-refractivity contribution in [2.75, 3.05) is 7.05 Å². The molecule has 0 saturated carbocycles. The standard InChI is InChI=1S/C10H10F3N3OS/c1-5-16-6(4-17-5)8(14-2)7-3-15-9(18-7)10(11,12)13/h3-4,8,14H,1-2H3. The fourth-order valence-corrected chi connectivity index (χ4v) is 2.41. The van der Waals surface area contributed by atoms with Crippen LogP contribution in [0, 0.1) is 6.92 Å². The van der Waals surface area contributed by atoms with Gasteiger partial charge in [0.1, 0.15) is 12.0 Å². The van der Waals surface area contributed by atoms with Crippen LogP contribution in [0.25, 0.3) is 0 Å². The molecule has 0 aromatic carbocycles. The molecule has 0 fully saturated rings. The summed E-state index contributed by atoms with van der Waals surface area (Å²) >= 11 is 0.596. The third kappa shape index (κ3) is 2.54. The van der Waals surface area contributed by atoms with E-state index in [9.17, 15) is 13.2 Å². The van der Waals surface area contributed by atoms with E-state index in [1.807, 2.05) is 0 Å². The normalized spacial score (nSPS) is 13.8. The second kappa shape index (κ2) is 4.69. The minimum absolute atomic E-state index is 0.443. The van der Waals surface area contributed by atoms with Crippen molar-refractivity contribution < 1.29 is 17.6 Å². The molecule has 98 valence electrons. The Balaban J connectivity index is 2.31. The van der Waals surface area contributed by atoms with Gasteiger partial charge < -0.3 is 9.73 Å². The third-order valence-electron chi connectivity index (χ3n) is 2.27. The summed E-state index contributed by atoms with van der Waals surface area (Å²) in [6.45, 7) is 1.67. The topological polar surface area (TPSA) is 51.0 Å². The maximum atomic E-state index is 12.5. The molecule has 2 rings (SSSR count). The first-order chi connectivity index (χ1) is 8.41. The van der Waals surface area contributed by atoms with Crippen LogP contribution in [0.5, 0.6) is 0 Å². The van der Waals surface area contributed by atoms with E-state index in [2.05, 4.69) is 15.3 Å². The Labute approximate surface area is 105 Å². The second-order valence-electron chi connectivity index (χ2n) is 3.58. The number of hydrogen-bond donors (Lipinski definition) is 1. The first kappa shape index (κ1) is 13.0. The maximum Gasteiger partial charge on any atom is 0.443 e. The van der Waals surface area contributed by atoms with Crippen LogP contribution in [-0.2, 0) is 6.18 Å².